The molecule has 0 spiro atoms. The first kappa shape index (κ1) is 17.1. The van der Waals surface area contributed by atoms with E-state index in [0.29, 0.717) is 15.6 Å². The molecule has 0 saturated carbocycles. The third-order valence-electron chi connectivity index (χ3n) is 3.46. The van der Waals surface area contributed by atoms with Gasteiger partial charge in [0.2, 0.25) is 5.91 Å². The zero-order valence-electron chi connectivity index (χ0n) is 12.4. The predicted octanol–water partition coefficient (Wildman–Crippen LogP) is 4.54. The summed E-state index contributed by atoms with van der Waals surface area (Å²) in [5.41, 5.74) is 1.44. The van der Waals surface area contributed by atoms with Crippen molar-refractivity contribution in [1.82, 2.24) is 0 Å². The highest BCUT2D eigenvalue weighted by molar-refractivity contribution is 8.01. The molecule has 1 aliphatic rings. The van der Waals surface area contributed by atoms with Crippen LogP contribution in [-0.2, 0) is 20.9 Å². The lowest BCUT2D eigenvalue weighted by atomic mass is 10.2. The van der Waals surface area contributed by atoms with E-state index in [1.54, 1.807) is 18.2 Å². The fourth-order valence-corrected chi connectivity index (χ4v) is 3.79. The van der Waals surface area contributed by atoms with E-state index in [-0.39, 0.29) is 18.9 Å². The standard InChI is InChI=1S/C17H13Cl2NO3S/c18-11-6-5-10(12(19)7-11)9-23-16(21)8-15-17(22)20-13-3-1-2-4-14(13)24-15/h1-7,15H,8-9H2,(H,20,22)/t15-/m1/s1. The number of nitrogens with one attached hydrogen (secondary N) is 1. The number of hydrogen-bond acceptors (Lipinski definition) is 4. The van der Waals surface area contributed by atoms with Gasteiger partial charge >= 0.3 is 5.97 Å². The Balaban J connectivity index is 1.58. The minimum absolute atomic E-state index is 0.00393. The second-order valence-electron chi connectivity index (χ2n) is 5.19. The summed E-state index contributed by atoms with van der Waals surface area (Å²) >= 11 is 13.2. The Morgan fingerprint density at radius 1 is 1.21 bits per heavy atom. The van der Waals surface area contributed by atoms with Gasteiger partial charge in [0.05, 0.1) is 17.4 Å². The highest BCUT2D eigenvalue weighted by Gasteiger charge is 2.29. The molecule has 1 aliphatic heterocycles. The Bertz CT molecular complexity index is 797. The van der Waals surface area contributed by atoms with Gasteiger partial charge in [-0.25, -0.2) is 0 Å². The molecule has 1 atom stereocenters. The molecule has 0 bridgehead atoms. The van der Waals surface area contributed by atoms with Crippen LogP contribution in [0.3, 0.4) is 0 Å². The molecular formula is C17H13Cl2NO3S. The lowest BCUT2D eigenvalue weighted by Gasteiger charge is -2.23. The molecule has 24 heavy (non-hydrogen) atoms. The van der Waals surface area contributed by atoms with Crippen LogP contribution in [0.4, 0.5) is 5.69 Å². The molecule has 0 unspecified atom stereocenters. The number of halogens is 2. The van der Waals surface area contributed by atoms with Gasteiger partial charge in [-0.3, -0.25) is 9.59 Å². The summed E-state index contributed by atoms with van der Waals surface area (Å²) in [4.78, 5) is 25.1. The molecular weight excluding hydrogens is 369 g/mol. The van der Waals surface area contributed by atoms with E-state index in [2.05, 4.69) is 5.32 Å². The van der Waals surface area contributed by atoms with E-state index < -0.39 is 11.2 Å². The zero-order chi connectivity index (χ0) is 17.1. The first-order valence-corrected chi connectivity index (χ1v) is 8.82. The first-order chi connectivity index (χ1) is 11.5. The molecule has 0 saturated heterocycles. The quantitative estimate of drug-likeness (QED) is 0.789. The number of para-hydroxylation sites is 1. The Morgan fingerprint density at radius 2 is 2.00 bits per heavy atom. The second kappa shape index (κ2) is 7.47. The van der Waals surface area contributed by atoms with Gasteiger partial charge in [0.1, 0.15) is 6.61 Å². The average Bonchev–Trinajstić information content (AvgIpc) is 2.55. The van der Waals surface area contributed by atoms with Gasteiger partial charge in [-0.15, -0.1) is 11.8 Å². The highest BCUT2D eigenvalue weighted by Crippen LogP contribution is 2.36. The maximum Gasteiger partial charge on any atom is 0.307 e. The SMILES string of the molecule is O=C(C[C@H]1Sc2ccccc2NC1=O)OCc1ccc(Cl)cc1Cl. The molecule has 4 nitrogen and oxygen atoms in total. The minimum Gasteiger partial charge on any atom is -0.461 e. The number of fused-ring (bicyclic) bond motifs is 1. The summed E-state index contributed by atoms with van der Waals surface area (Å²) in [5, 5.41) is 3.25. The van der Waals surface area contributed by atoms with Crippen LogP contribution in [0.15, 0.2) is 47.4 Å². The molecule has 124 valence electrons. The number of thioether (sulfide) groups is 1. The van der Waals surface area contributed by atoms with Crippen LogP contribution < -0.4 is 5.32 Å². The predicted molar refractivity (Wildman–Crippen MR) is 95.6 cm³/mol. The summed E-state index contributed by atoms with van der Waals surface area (Å²) in [6.07, 6.45) is -0.00393. The number of esters is 1. The molecule has 0 aromatic heterocycles. The Hall–Kier alpha value is -1.69. The molecule has 0 fully saturated rings. The second-order valence-corrected chi connectivity index (χ2v) is 7.28. The Morgan fingerprint density at radius 3 is 2.79 bits per heavy atom. The van der Waals surface area contributed by atoms with E-state index in [4.69, 9.17) is 27.9 Å². The van der Waals surface area contributed by atoms with Gasteiger partial charge in [-0.05, 0) is 24.3 Å². The third kappa shape index (κ3) is 4.04. The molecule has 1 N–H and O–H groups in total. The highest BCUT2D eigenvalue weighted by atomic mass is 35.5. The number of hydrogen-bond donors (Lipinski definition) is 1. The minimum atomic E-state index is -0.506. The monoisotopic (exact) mass is 381 g/mol. The van der Waals surface area contributed by atoms with Gasteiger partial charge in [-0.2, -0.15) is 0 Å². The van der Waals surface area contributed by atoms with Crippen molar-refractivity contribution in [1.29, 1.82) is 0 Å². The topological polar surface area (TPSA) is 55.4 Å². The van der Waals surface area contributed by atoms with Gasteiger partial charge in [0.25, 0.3) is 0 Å². The van der Waals surface area contributed by atoms with Crippen molar-refractivity contribution in [3.05, 3.63) is 58.1 Å². The van der Waals surface area contributed by atoms with Crippen molar-refractivity contribution >= 4 is 52.5 Å². The Kier molecular flexibility index (Phi) is 5.33. The van der Waals surface area contributed by atoms with Crippen molar-refractivity contribution < 1.29 is 14.3 Å². The van der Waals surface area contributed by atoms with E-state index in [1.807, 2.05) is 24.3 Å². The van der Waals surface area contributed by atoms with Crippen molar-refractivity contribution in [3.8, 4) is 0 Å². The largest absolute Gasteiger partial charge is 0.461 e. The average molecular weight is 382 g/mol. The van der Waals surface area contributed by atoms with E-state index in [9.17, 15) is 9.59 Å². The lowest BCUT2D eigenvalue weighted by molar-refractivity contribution is -0.145. The number of carbonyl (C=O) groups is 2. The van der Waals surface area contributed by atoms with E-state index in [0.717, 1.165) is 10.6 Å². The number of carbonyl (C=O) groups excluding carboxylic acids is 2. The van der Waals surface area contributed by atoms with Gasteiger partial charge < -0.3 is 10.1 Å². The number of benzene rings is 2. The van der Waals surface area contributed by atoms with Crippen molar-refractivity contribution in [3.63, 3.8) is 0 Å². The lowest BCUT2D eigenvalue weighted by Crippen LogP contribution is -2.31. The van der Waals surface area contributed by atoms with Crippen LogP contribution in [0.1, 0.15) is 12.0 Å². The fourth-order valence-electron chi connectivity index (χ4n) is 2.23. The summed E-state index contributed by atoms with van der Waals surface area (Å²) < 4.78 is 5.23. The summed E-state index contributed by atoms with van der Waals surface area (Å²) in [7, 11) is 0. The number of ether oxygens (including phenoxy) is 1. The van der Waals surface area contributed by atoms with Crippen LogP contribution in [0.2, 0.25) is 10.0 Å². The van der Waals surface area contributed by atoms with Gasteiger partial charge in [0, 0.05) is 20.5 Å². The van der Waals surface area contributed by atoms with E-state index >= 15 is 0 Å². The third-order valence-corrected chi connectivity index (χ3v) is 5.32. The maximum absolute atomic E-state index is 12.1. The molecule has 2 aromatic rings. The fraction of sp³-hybridized carbons (Fsp3) is 0.176. The molecule has 7 heteroatoms. The van der Waals surface area contributed by atoms with Crippen LogP contribution in [0.5, 0.6) is 0 Å². The first-order valence-electron chi connectivity index (χ1n) is 7.19. The van der Waals surface area contributed by atoms with Gasteiger partial charge in [0.15, 0.2) is 0 Å². The van der Waals surface area contributed by atoms with Gasteiger partial charge in [-0.1, -0.05) is 41.4 Å². The van der Waals surface area contributed by atoms with Crippen LogP contribution >= 0.6 is 35.0 Å². The summed E-state index contributed by atoms with van der Waals surface area (Å²) in [6, 6.07) is 12.5. The normalized spacial score (nSPS) is 16.2. The number of anilines is 1. The maximum atomic E-state index is 12.1. The van der Waals surface area contributed by atoms with Crippen LogP contribution in [0.25, 0.3) is 0 Å². The summed E-state index contributed by atoms with van der Waals surface area (Å²) in [5.74, 6) is -0.645. The molecule has 1 amide bonds. The van der Waals surface area contributed by atoms with Crippen molar-refractivity contribution in [2.45, 2.75) is 23.2 Å². The van der Waals surface area contributed by atoms with Crippen LogP contribution in [0, 0.1) is 0 Å². The van der Waals surface area contributed by atoms with Crippen molar-refractivity contribution in [2.24, 2.45) is 0 Å². The zero-order valence-corrected chi connectivity index (χ0v) is 14.8. The van der Waals surface area contributed by atoms with E-state index in [1.165, 1.54) is 11.8 Å². The molecule has 1 heterocycles. The number of amides is 1. The number of rotatable bonds is 4. The Labute approximate surface area is 153 Å². The smallest absolute Gasteiger partial charge is 0.307 e. The molecule has 3 rings (SSSR count). The van der Waals surface area contributed by atoms with Crippen molar-refractivity contribution in [2.75, 3.05) is 5.32 Å². The van der Waals surface area contributed by atoms with Crippen LogP contribution in [-0.4, -0.2) is 17.1 Å². The summed E-state index contributed by atoms with van der Waals surface area (Å²) in [6.45, 7) is 0.0461. The molecule has 0 radical (unpaired) electrons. The molecule has 2 aromatic carbocycles. The molecule has 0 aliphatic carbocycles.